The number of aliphatic hydroxyl groups is 3. The highest BCUT2D eigenvalue weighted by atomic mass is 16.5. The molecular formula is C32H33N3O10. The topological polar surface area (TPSA) is 217 Å². The van der Waals surface area contributed by atoms with E-state index in [4.69, 9.17) is 5.73 Å². The van der Waals surface area contributed by atoms with Crippen LogP contribution in [0.5, 0.6) is 5.75 Å². The number of ether oxygens (including phenoxy) is 1. The molecule has 13 heteroatoms. The molecule has 0 radical (unpaired) electrons. The van der Waals surface area contributed by atoms with Crippen molar-refractivity contribution in [2.75, 3.05) is 26.5 Å². The number of hydrogen-bond donors (Lipinski definition) is 6. The van der Waals surface area contributed by atoms with Crippen LogP contribution < -0.4 is 11.1 Å². The smallest absolute Gasteiger partial charge is 0.306 e. The number of phenolic OH excluding ortho intramolecular Hbond substituents is 1. The zero-order valence-corrected chi connectivity index (χ0v) is 24.8. The van der Waals surface area contributed by atoms with Crippen molar-refractivity contribution in [1.82, 2.24) is 4.90 Å². The van der Waals surface area contributed by atoms with Crippen molar-refractivity contribution in [1.29, 1.82) is 0 Å². The number of carbonyl (C=O) groups excluding carboxylic acids is 5. The van der Waals surface area contributed by atoms with E-state index >= 15 is 0 Å². The van der Waals surface area contributed by atoms with Crippen LogP contribution in [0, 0.1) is 11.8 Å². The molecule has 0 aromatic heterocycles. The number of nitrogens with one attached hydrogen (secondary N) is 1. The molecule has 45 heavy (non-hydrogen) atoms. The van der Waals surface area contributed by atoms with Crippen molar-refractivity contribution in [3.05, 3.63) is 70.2 Å². The van der Waals surface area contributed by atoms with Crippen molar-refractivity contribution in [2.24, 2.45) is 17.6 Å². The zero-order chi connectivity index (χ0) is 33.0. The monoisotopic (exact) mass is 619 g/mol. The van der Waals surface area contributed by atoms with E-state index in [1.54, 1.807) is 44.4 Å². The number of likely N-dealkylation sites (N-methyl/N-ethyl adjacent to an activating group) is 1. The molecule has 2 aromatic rings. The molecule has 3 aliphatic carbocycles. The molecule has 5 rings (SSSR count). The highest BCUT2D eigenvalue weighted by molar-refractivity contribution is 6.25. The van der Waals surface area contributed by atoms with Gasteiger partial charge in [0.25, 0.3) is 5.91 Å². The zero-order valence-electron chi connectivity index (χ0n) is 24.8. The number of nitrogens with two attached hydrogens (primary N) is 1. The van der Waals surface area contributed by atoms with E-state index in [-0.39, 0.29) is 48.5 Å². The number of aromatic hydroxyl groups is 1. The predicted molar refractivity (Wildman–Crippen MR) is 159 cm³/mol. The minimum Gasteiger partial charge on any atom is -0.510 e. The minimum atomic E-state index is -2.71. The number of Topliss-reactive ketones (excluding diaryl/α,β-unsaturated/α-hetero) is 2. The molecule has 2 aromatic carbocycles. The maximum atomic E-state index is 13.9. The number of methoxy groups -OCH3 is 1. The fourth-order valence-corrected chi connectivity index (χ4v) is 6.80. The molecule has 0 fully saturated rings. The van der Waals surface area contributed by atoms with Crippen molar-refractivity contribution < 1.29 is 49.1 Å². The quantitative estimate of drug-likeness (QED) is 0.194. The number of ketones is 2. The molecule has 0 saturated carbocycles. The van der Waals surface area contributed by atoms with Crippen LogP contribution in [0.3, 0.4) is 0 Å². The van der Waals surface area contributed by atoms with E-state index in [0.29, 0.717) is 22.4 Å². The van der Waals surface area contributed by atoms with Crippen molar-refractivity contribution in [3.63, 3.8) is 0 Å². The first kappa shape index (κ1) is 31.4. The molecule has 236 valence electrons. The first-order valence-corrected chi connectivity index (χ1v) is 14.2. The fourth-order valence-electron chi connectivity index (χ4n) is 6.80. The van der Waals surface area contributed by atoms with E-state index in [0.717, 1.165) is 0 Å². The third-order valence-electron chi connectivity index (χ3n) is 8.87. The summed E-state index contributed by atoms with van der Waals surface area (Å²) in [6.07, 6.45) is -0.0211. The number of hydrogen-bond acceptors (Lipinski definition) is 11. The molecule has 0 aliphatic heterocycles. The third-order valence-corrected chi connectivity index (χ3v) is 8.87. The van der Waals surface area contributed by atoms with Gasteiger partial charge in [-0.05, 0) is 67.7 Å². The van der Waals surface area contributed by atoms with E-state index in [9.17, 15) is 44.4 Å². The lowest BCUT2D eigenvalue weighted by molar-refractivity contribution is -0.148. The number of nitrogens with zero attached hydrogens (tertiary/aromatic N) is 1. The first-order chi connectivity index (χ1) is 21.2. The minimum absolute atomic E-state index is 0.0304. The predicted octanol–water partition coefficient (Wildman–Crippen LogP) is 1.68. The Balaban J connectivity index is 1.53. The number of allylic oxidation sites excluding steroid dienone is 1. The van der Waals surface area contributed by atoms with Gasteiger partial charge in [-0.3, -0.25) is 28.9 Å². The van der Waals surface area contributed by atoms with Crippen LogP contribution in [0.4, 0.5) is 5.69 Å². The van der Waals surface area contributed by atoms with Gasteiger partial charge >= 0.3 is 5.97 Å². The summed E-state index contributed by atoms with van der Waals surface area (Å²) in [5, 5.41) is 47.6. The van der Waals surface area contributed by atoms with Gasteiger partial charge < -0.3 is 36.2 Å². The number of rotatable bonds is 7. The molecule has 0 bridgehead atoms. The van der Waals surface area contributed by atoms with E-state index < -0.39 is 64.0 Å². The lowest BCUT2D eigenvalue weighted by Crippen LogP contribution is -2.63. The molecule has 0 saturated heterocycles. The van der Waals surface area contributed by atoms with Gasteiger partial charge in [0, 0.05) is 23.6 Å². The van der Waals surface area contributed by atoms with Gasteiger partial charge in [0.1, 0.15) is 22.8 Å². The molecule has 7 N–H and O–H groups in total. The fraction of sp³-hybridized carbons (Fsp3) is 0.344. The first-order valence-electron chi connectivity index (χ1n) is 14.2. The Morgan fingerprint density at radius 1 is 1.04 bits per heavy atom. The van der Waals surface area contributed by atoms with Crippen LogP contribution in [0.25, 0.3) is 11.1 Å². The molecule has 0 spiro atoms. The lowest BCUT2D eigenvalue weighted by atomic mass is 9.58. The van der Waals surface area contributed by atoms with Crippen LogP contribution in [0.1, 0.15) is 35.2 Å². The van der Waals surface area contributed by atoms with Crippen LogP contribution >= 0.6 is 0 Å². The maximum Gasteiger partial charge on any atom is 0.306 e. The standard InChI is InChI=1S/C32H33N3O10/c1-35(2)26-19-13-15-12-18-17(14-4-6-16(7-5-14)34-21(37)10-11-22(38)45-3)8-9-20(36)24(18)27(39)23(15)29(41)32(19,44)30(42)25(28(26)40)31(33)43/h4-9,15,19,26,36,40-41,44H,10-13H2,1-3H3,(H2,33,43)(H,34,37)/t15-,19-,26-,32+/m1/s1. The largest absolute Gasteiger partial charge is 0.510 e. The maximum absolute atomic E-state index is 13.9. The highest BCUT2D eigenvalue weighted by Gasteiger charge is 2.63. The number of primary amides is 1. The summed E-state index contributed by atoms with van der Waals surface area (Å²) in [7, 11) is 4.37. The van der Waals surface area contributed by atoms with E-state index in [2.05, 4.69) is 10.1 Å². The van der Waals surface area contributed by atoms with Crippen LogP contribution in [0.15, 0.2) is 59.1 Å². The second-order valence-electron chi connectivity index (χ2n) is 11.7. The molecule has 3 aliphatic rings. The number of aliphatic hydroxyl groups excluding tert-OH is 2. The Labute approximate surface area is 257 Å². The van der Waals surface area contributed by atoms with Gasteiger partial charge in [0.05, 0.1) is 25.1 Å². The molecule has 2 amide bonds. The Morgan fingerprint density at radius 3 is 2.31 bits per heavy atom. The molecular weight excluding hydrogens is 586 g/mol. The Hall–Kier alpha value is -5.01. The number of benzene rings is 2. The van der Waals surface area contributed by atoms with Gasteiger partial charge in [-0.1, -0.05) is 18.2 Å². The van der Waals surface area contributed by atoms with Gasteiger partial charge in [-0.2, -0.15) is 0 Å². The third kappa shape index (κ3) is 5.03. The van der Waals surface area contributed by atoms with Gasteiger partial charge in [0.2, 0.25) is 11.7 Å². The number of carbonyl (C=O) groups is 5. The average Bonchev–Trinajstić information content (AvgIpc) is 2.98. The Morgan fingerprint density at radius 2 is 1.71 bits per heavy atom. The number of anilines is 1. The lowest BCUT2D eigenvalue weighted by Gasteiger charge is -2.50. The summed E-state index contributed by atoms with van der Waals surface area (Å²) in [4.78, 5) is 64.5. The molecule has 4 atom stereocenters. The number of phenols is 1. The number of esters is 1. The van der Waals surface area contributed by atoms with Crippen molar-refractivity contribution in [3.8, 4) is 16.9 Å². The van der Waals surface area contributed by atoms with Crippen molar-refractivity contribution >= 4 is 35.0 Å². The average molecular weight is 620 g/mol. The second-order valence-corrected chi connectivity index (χ2v) is 11.7. The highest BCUT2D eigenvalue weighted by Crippen LogP contribution is 2.53. The van der Waals surface area contributed by atoms with E-state index in [1.165, 1.54) is 18.1 Å². The summed E-state index contributed by atoms with van der Waals surface area (Å²) in [6.45, 7) is 0. The van der Waals surface area contributed by atoms with E-state index in [1.807, 2.05) is 0 Å². The summed E-state index contributed by atoms with van der Waals surface area (Å²) >= 11 is 0. The Bertz CT molecular complexity index is 1710. The summed E-state index contributed by atoms with van der Waals surface area (Å²) < 4.78 is 4.55. The Kier molecular flexibility index (Phi) is 8.02. The van der Waals surface area contributed by atoms with Gasteiger partial charge in [-0.15, -0.1) is 0 Å². The van der Waals surface area contributed by atoms with Gasteiger partial charge in [0.15, 0.2) is 11.4 Å². The van der Waals surface area contributed by atoms with Crippen LogP contribution in [-0.4, -0.2) is 87.5 Å². The van der Waals surface area contributed by atoms with Gasteiger partial charge in [-0.25, -0.2) is 0 Å². The van der Waals surface area contributed by atoms with Crippen LogP contribution in [0.2, 0.25) is 0 Å². The number of amides is 2. The number of fused-ring (bicyclic) bond motifs is 3. The summed E-state index contributed by atoms with van der Waals surface area (Å²) in [5.41, 5.74) is 3.65. The molecule has 0 unspecified atom stereocenters. The SMILES string of the molecule is COC(=O)CCC(=O)Nc1ccc(-c2ccc(O)c3c2C[C@@H]2C[C@@H]4[C@@H](N(C)C)C(O)=C(C(N)=O)C(=O)[C@@]4(O)C(O)=C2C3=O)cc1. The molecule has 13 nitrogen and oxygen atoms in total. The normalized spacial score (nSPS) is 24.2. The van der Waals surface area contributed by atoms with Crippen LogP contribution in [-0.2, 0) is 30.3 Å². The second kappa shape index (κ2) is 11.5. The summed E-state index contributed by atoms with van der Waals surface area (Å²) in [6, 6.07) is 8.60. The van der Waals surface area contributed by atoms with Crippen molar-refractivity contribution in [2.45, 2.75) is 37.3 Å². The molecule has 0 heterocycles. The summed E-state index contributed by atoms with van der Waals surface area (Å²) in [5.74, 6) is -8.03.